The summed E-state index contributed by atoms with van der Waals surface area (Å²) in [7, 11) is 0. The van der Waals surface area contributed by atoms with E-state index < -0.39 is 16.4 Å². The molecule has 0 aliphatic carbocycles. The van der Waals surface area contributed by atoms with E-state index in [1.807, 2.05) is 11.8 Å². The van der Waals surface area contributed by atoms with Crippen LogP contribution in [-0.4, -0.2) is 22.5 Å². The number of nitrogens with zero attached hydrogens (tertiary/aromatic N) is 1. The molecule has 2 rings (SSSR count). The van der Waals surface area contributed by atoms with Crippen molar-refractivity contribution in [2.24, 2.45) is 0 Å². The van der Waals surface area contributed by atoms with Crippen LogP contribution >= 0.6 is 11.8 Å². The highest BCUT2D eigenvalue weighted by Crippen LogP contribution is 2.24. The fraction of sp³-hybridized carbons (Fsp3) is 0.538. The molecule has 1 aromatic rings. The number of nitrogens with one attached hydrogen (secondary N) is 1. The fourth-order valence-corrected chi connectivity index (χ4v) is 3.45. The van der Waals surface area contributed by atoms with Crippen LogP contribution in [-0.2, 0) is 6.54 Å². The summed E-state index contributed by atoms with van der Waals surface area (Å²) in [6, 6.07) is 4.30. The van der Waals surface area contributed by atoms with Crippen molar-refractivity contribution in [2.75, 3.05) is 12.3 Å². The van der Waals surface area contributed by atoms with Gasteiger partial charge in [0.05, 0.1) is 4.92 Å². The highest BCUT2D eigenvalue weighted by atomic mass is 32.2. The maximum absolute atomic E-state index is 13.8. The minimum absolute atomic E-state index is 0.338. The van der Waals surface area contributed by atoms with Gasteiger partial charge in [0.15, 0.2) is 0 Å². The van der Waals surface area contributed by atoms with E-state index in [0.29, 0.717) is 17.4 Å². The topological polar surface area (TPSA) is 55.2 Å². The lowest BCUT2D eigenvalue weighted by molar-refractivity contribution is -0.387. The van der Waals surface area contributed by atoms with E-state index in [1.165, 1.54) is 37.1 Å². The van der Waals surface area contributed by atoms with Gasteiger partial charge in [-0.05, 0) is 18.6 Å². The lowest BCUT2D eigenvalue weighted by Crippen LogP contribution is -2.26. The summed E-state index contributed by atoms with van der Waals surface area (Å²) in [6.07, 6.45) is 3.72. The number of nitro benzene ring substituents is 1. The second-order valence-electron chi connectivity index (χ2n) is 4.63. The van der Waals surface area contributed by atoms with Crippen LogP contribution in [0.4, 0.5) is 10.1 Å². The first kappa shape index (κ1) is 14.3. The number of thioether (sulfide) groups is 1. The van der Waals surface area contributed by atoms with Gasteiger partial charge >= 0.3 is 5.69 Å². The van der Waals surface area contributed by atoms with Gasteiger partial charge in [0.1, 0.15) is 0 Å². The second kappa shape index (κ2) is 6.86. The Kier molecular flexibility index (Phi) is 5.15. The smallest absolute Gasteiger partial charge is 0.305 e. The van der Waals surface area contributed by atoms with Crippen LogP contribution < -0.4 is 5.32 Å². The van der Waals surface area contributed by atoms with Gasteiger partial charge < -0.3 is 5.32 Å². The van der Waals surface area contributed by atoms with E-state index in [0.717, 1.165) is 6.54 Å². The molecule has 6 heteroatoms. The summed E-state index contributed by atoms with van der Waals surface area (Å²) in [6.45, 7) is 1.16. The number of hydrogen-bond acceptors (Lipinski definition) is 4. The molecule has 1 saturated heterocycles. The number of benzene rings is 1. The van der Waals surface area contributed by atoms with Crippen molar-refractivity contribution in [3.63, 3.8) is 0 Å². The molecular formula is C13H17FN2O2S. The Hall–Kier alpha value is -1.14. The van der Waals surface area contributed by atoms with Crippen LogP contribution in [0.2, 0.25) is 0 Å². The van der Waals surface area contributed by atoms with Gasteiger partial charge in [-0.15, -0.1) is 0 Å². The van der Waals surface area contributed by atoms with Gasteiger partial charge in [-0.25, -0.2) is 0 Å². The molecule has 1 N–H and O–H groups in total. The first-order chi connectivity index (χ1) is 9.18. The van der Waals surface area contributed by atoms with E-state index in [9.17, 15) is 14.5 Å². The first-order valence-electron chi connectivity index (χ1n) is 6.42. The zero-order chi connectivity index (χ0) is 13.7. The quantitative estimate of drug-likeness (QED) is 0.667. The van der Waals surface area contributed by atoms with E-state index in [1.54, 1.807) is 6.07 Å². The predicted octanol–water partition coefficient (Wildman–Crippen LogP) is 3.11. The van der Waals surface area contributed by atoms with Crippen molar-refractivity contribution in [2.45, 2.75) is 31.1 Å². The van der Waals surface area contributed by atoms with Gasteiger partial charge in [0.2, 0.25) is 5.82 Å². The van der Waals surface area contributed by atoms with Crippen molar-refractivity contribution >= 4 is 17.4 Å². The minimum Gasteiger partial charge on any atom is -0.311 e. The molecule has 1 aliphatic rings. The van der Waals surface area contributed by atoms with Gasteiger partial charge in [0.25, 0.3) is 0 Å². The Morgan fingerprint density at radius 3 is 3.00 bits per heavy atom. The van der Waals surface area contributed by atoms with Crippen LogP contribution in [0.5, 0.6) is 0 Å². The standard InChI is InChI=1S/C13H17FN2O2S/c14-13-10(4-3-6-12(13)16(17)18)8-15-9-11-5-1-2-7-19-11/h3-4,6,11,15H,1-2,5,7-9H2. The largest absolute Gasteiger partial charge is 0.311 e. The van der Waals surface area contributed by atoms with Crippen LogP contribution in [0, 0.1) is 15.9 Å². The van der Waals surface area contributed by atoms with E-state index >= 15 is 0 Å². The van der Waals surface area contributed by atoms with Crippen molar-refractivity contribution < 1.29 is 9.31 Å². The molecule has 0 radical (unpaired) electrons. The molecule has 1 aromatic carbocycles. The third kappa shape index (κ3) is 3.91. The molecule has 0 aromatic heterocycles. The summed E-state index contributed by atoms with van der Waals surface area (Å²) >= 11 is 1.95. The molecule has 104 valence electrons. The molecule has 4 nitrogen and oxygen atoms in total. The third-order valence-electron chi connectivity index (χ3n) is 3.22. The predicted molar refractivity (Wildman–Crippen MR) is 74.9 cm³/mol. The van der Waals surface area contributed by atoms with Gasteiger partial charge in [-0.3, -0.25) is 10.1 Å². The van der Waals surface area contributed by atoms with Crippen molar-refractivity contribution in [1.82, 2.24) is 5.32 Å². The summed E-state index contributed by atoms with van der Waals surface area (Å²) in [5.41, 5.74) is -0.0960. The molecule has 0 bridgehead atoms. The zero-order valence-electron chi connectivity index (χ0n) is 10.6. The van der Waals surface area contributed by atoms with Crippen molar-refractivity contribution in [1.29, 1.82) is 0 Å². The van der Waals surface area contributed by atoms with E-state index in [-0.39, 0.29) is 0 Å². The summed E-state index contributed by atoms with van der Waals surface area (Å²) in [4.78, 5) is 9.95. The Balaban J connectivity index is 1.88. The summed E-state index contributed by atoms with van der Waals surface area (Å²) in [5.74, 6) is 0.466. The van der Waals surface area contributed by atoms with Gasteiger partial charge in [0, 0.05) is 30.0 Å². The van der Waals surface area contributed by atoms with Gasteiger partial charge in [-0.1, -0.05) is 18.6 Å². The second-order valence-corrected chi connectivity index (χ2v) is 6.04. The molecular weight excluding hydrogens is 267 g/mol. The number of nitro groups is 1. The molecule has 0 spiro atoms. The van der Waals surface area contributed by atoms with Crippen LogP contribution in [0.3, 0.4) is 0 Å². The SMILES string of the molecule is O=[N+]([O-])c1cccc(CNCC2CCCCS2)c1F. The lowest BCUT2D eigenvalue weighted by Gasteiger charge is -2.21. The molecule has 1 atom stereocenters. The zero-order valence-corrected chi connectivity index (χ0v) is 11.4. The van der Waals surface area contributed by atoms with E-state index in [2.05, 4.69) is 5.32 Å². The molecule has 1 fully saturated rings. The summed E-state index contributed by atoms with van der Waals surface area (Å²) in [5, 5.41) is 14.4. The Labute approximate surface area is 115 Å². The maximum atomic E-state index is 13.8. The molecule has 0 saturated carbocycles. The number of rotatable bonds is 5. The Morgan fingerprint density at radius 1 is 1.47 bits per heavy atom. The lowest BCUT2D eigenvalue weighted by atomic mass is 10.1. The highest BCUT2D eigenvalue weighted by molar-refractivity contribution is 7.99. The normalized spacial score (nSPS) is 19.3. The Bertz CT molecular complexity index is 450. The molecule has 1 unspecified atom stereocenters. The first-order valence-corrected chi connectivity index (χ1v) is 7.47. The average molecular weight is 284 g/mol. The maximum Gasteiger partial charge on any atom is 0.305 e. The minimum atomic E-state index is -0.726. The van der Waals surface area contributed by atoms with Crippen LogP contribution in [0.15, 0.2) is 18.2 Å². The Morgan fingerprint density at radius 2 is 2.32 bits per heavy atom. The van der Waals surface area contributed by atoms with Crippen LogP contribution in [0.25, 0.3) is 0 Å². The van der Waals surface area contributed by atoms with Gasteiger partial charge in [-0.2, -0.15) is 16.2 Å². The number of halogens is 1. The monoisotopic (exact) mass is 284 g/mol. The molecule has 1 heterocycles. The third-order valence-corrected chi connectivity index (χ3v) is 4.61. The summed E-state index contributed by atoms with van der Waals surface area (Å²) < 4.78 is 13.8. The molecule has 0 amide bonds. The number of hydrogen-bond donors (Lipinski definition) is 1. The average Bonchev–Trinajstić information content (AvgIpc) is 2.41. The fourth-order valence-electron chi connectivity index (χ4n) is 2.18. The molecule has 19 heavy (non-hydrogen) atoms. The highest BCUT2D eigenvalue weighted by Gasteiger charge is 2.17. The molecule has 1 aliphatic heterocycles. The van der Waals surface area contributed by atoms with E-state index in [4.69, 9.17) is 0 Å². The van der Waals surface area contributed by atoms with Crippen LogP contribution in [0.1, 0.15) is 24.8 Å². The van der Waals surface area contributed by atoms with Crippen molar-refractivity contribution in [3.8, 4) is 0 Å². The van der Waals surface area contributed by atoms with Crippen molar-refractivity contribution in [3.05, 3.63) is 39.7 Å².